The third kappa shape index (κ3) is 5.70. The Morgan fingerprint density at radius 3 is 2.24 bits per heavy atom. The Bertz CT molecular complexity index is 1230. The highest BCUT2D eigenvalue weighted by Gasteiger charge is 2.28. The topological polar surface area (TPSA) is 29.1 Å². The summed E-state index contributed by atoms with van der Waals surface area (Å²) in [5.41, 5.74) is 4.32. The lowest BCUT2D eigenvalue weighted by atomic mass is 9.97. The number of anilines is 1. The molecule has 0 aromatic heterocycles. The molecule has 33 heavy (non-hydrogen) atoms. The first-order valence-electron chi connectivity index (χ1n) is 10.7. The van der Waals surface area contributed by atoms with Gasteiger partial charge in [-0.05, 0) is 66.8 Å². The summed E-state index contributed by atoms with van der Waals surface area (Å²) < 4.78 is 13.6. The molecule has 0 aliphatic heterocycles. The summed E-state index contributed by atoms with van der Waals surface area (Å²) in [5.74, 6) is 0. The van der Waals surface area contributed by atoms with Crippen LogP contribution in [0.2, 0.25) is 5.02 Å². The largest absolute Gasteiger partial charge is 0.377 e. The molecule has 2 nitrogen and oxygen atoms in total. The van der Waals surface area contributed by atoms with Crippen LogP contribution < -0.4 is 5.32 Å². The molecule has 0 radical (unpaired) electrons. The quantitative estimate of drug-likeness (QED) is 0.270. The maximum Gasteiger partial charge on any atom is 0.0852 e. The molecule has 5 heteroatoms. The molecule has 4 aromatic rings. The van der Waals surface area contributed by atoms with Crippen LogP contribution in [-0.2, 0) is 10.8 Å². The monoisotopic (exact) mass is 491 g/mol. The molecule has 0 spiro atoms. The van der Waals surface area contributed by atoms with Gasteiger partial charge in [0, 0.05) is 20.5 Å². The second-order valence-corrected chi connectivity index (χ2v) is 10.7. The van der Waals surface area contributed by atoms with Crippen molar-refractivity contribution in [3.8, 4) is 0 Å². The minimum Gasteiger partial charge on any atom is -0.377 e. The first-order chi connectivity index (χ1) is 16.1. The molecule has 4 aromatic carbocycles. The van der Waals surface area contributed by atoms with E-state index in [2.05, 4.69) is 35.8 Å². The minimum absolute atomic E-state index is 0.00858. The smallest absolute Gasteiger partial charge is 0.0852 e. The predicted molar refractivity (Wildman–Crippen MR) is 143 cm³/mol. The highest BCUT2D eigenvalue weighted by molar-refractivity contribution is 7.98. The van der Waals surface area contributed by atoms with Crippen LogP contribution in [0.1, 0.15) is 28.0 Å². The van der Waals surface area contributed by atoms with E-state index >= 15 is 0 Å². The van der Waals surface area contributed by atoms with E-state index < -0.39 is 10.8 Å². The van der Waals surface area contributed by atoms with Crippen molar-refractivity contribution >= 4 is 39.8 Å². The van der Waals surface area contributed by atoms with Crippen LogP contribution >= 0.6 is 23.4 Å². The first kappa shape index (κ1) is 23.6. The molecule has 0 unspecified atom stereocenters. The number of halogens is 1. The van der Waals surface area contributed by atoms with Gasteiger partial charge in [-0.1, -0.05) is 77.8 Å². The predicted octanol–water partition coefficient (Wildman–Crippen LogP) is 8.07. The fourth-order valence-electron chi connectivity index (χ4n) is 3.86. The SMILES string of the molecule is CS[C@@H](c1ccccc1[S@@](=O)c1ccc(C)cc1)[C@@H](Nc1ccccc1)c1cccc(Cl)c1. The normalized spacial score (nSPS) is 13.8. The summed E-state index contributed by atoms with van der Waals surface area (Å²) in [7, 11) is -1.28. The maximum absolute atomic E-state index is 13.6. The van der Waals surface area contributed by atoms with Gasteiger partial charge in [0.25, 0.3) is 0 Å². The van der Waals surface area contributed by atoms with Crippen molar-refractivity contribution in [2.45, 2.75) is 28.0 Å². The molecule has 1 N–H and O–H groups in total. The molecular formula is C28H26ClNOS2. The van der Waals surface area contributed by atoms with Crippen LogP contribution in [0.15, 0.2) is 113 Å². The first-order valence-corrected chi connectivity index (χ1v) is 13.6. The van der Waals surface area contributed by atoms with Gasteiger partial charge in [-0.25, -0.2) is 4.21 Å². The van der Waals surface area contributed by atoms with Crippen molar-refractivity contribution in [2.75, 3.05) is 11.6 Å². The summed E-state index contributed by atoms with van der Waals surface area (Å²) in [4.78, 5) is 1.64. The number of nitrogens with one attached hydrogen (secondary N) is 1. The van der Waals surface area contributed by atoms with Crippen molar-refractivity contribution < 1.29 is 4.21 Å². The lowest BCUT2D eigenvalue weighted by Crippen LogP contribution is -2.19. The van der Waals surface area contributed by atoms with Crippen molar-refractivity contribution in [1.82, 2.24) is 0 Å². The Morgan fingerprint density at radius 2 is 1.55 bits per heavy atom. The molecule has 0 amide bonds. The minimum atomic E-state index is -1.28. The molecule has 0 saturated heterocycles. The Hall–Kier alpha value is -2.53. The van der Waals surface area contributed by atoms with Gasteiger partial charge in [-0.15, -0.1) is 0 Å². The summed E-state index contributed by atoms with van der Waals surface area (Å²) in [6.07, 6.45) is 2.10. The lowest BCUT2D eigenvalue weighted by molar-refractivity contribution is 0.679. The number of para-hydroxylation sites is 1. The molecule has 0 bridgehead atoms. The molecule has 3 atom stereocenters. The van der Waals surface area contributed by atoms with Gasteiger partial charge in [-0.2, -0.15) is 11.8 Å². The third-order valence-electron chi connectivity index (χ3n) is 5.52. The standard InChI is InChI=1S/C28H26ClNOS2/c1-20-15-17-24(18-16-20)33(31)26-14-7-6-13-25(26)28(32-2)27(21-9-8-10-22(29)19-21)30-23-11-4-3-5-12-23/h3-19,27-28,30H,1-2H3/t27-,28-,33-/m0/s1. The van der Waals surface area contributed by atoms with Crippen LogP contribution in [0.3, 0.4) is 0 Å². The number of hydrogen-bond acceptors (Lipinski definition) is 3. The second kappa shape index (κ2) is 11.1. The number of benzene rings is 4. The van der Waals surface area contributed by atoms with Crippen molar-refractivity contribution in [1.29, 1.82) is 0 Å². The molecule has 4 rings (SSSR count). The van der Waals surface area contributed by atoms with Crippen LogP contribution in [0.25, 0.3) is 0 Å². The van der Waals surface area contributed by atoms with Gasteiger partial charge < -0.3 is 5.32 Å². The third-order valence-corrected chi connectivity index (χ3v) is 8.26. The zero-order chi connectivity index (χ0) is 23.2. The van der Waals surface area contributed by atoms with Gasteiger partial charge in [0.2, 0.25) is 0 Å². The van der Waals surface area contributed by atoms with Gasteiger partial charge in [0.05, 0.1) is 22.1 Å². The van der Waals surface area contributed by atoms with E-state index in [0.29, 0.717) is 5.02 Å². The van der Waals surface area contributed by atoms with E-state index in [1.807, 2.05) is 85.8 Å². The summed E-state index contributed by atoms with van der Waals surface area (Å²) >= 11 is 8.12. The zero-order valence-electron chi connectivity index (χ0n) is 18.6. The van der Waals surface area contributed by atoms with Crippen LogP contribution in [0.5, 0.6) is 0 Å². The lowest BCUT2D eigenvalue weighted by Gasteiger charge is -2.30. The highest BCUT2D eigenvalue weighted by Crippen LogP contribution is 2.43. The molecule has 0 saturated carbocycles. The van der Waals surface area contributed by atoms with Crippen LogP contribution in [0, 0.1) is 6.92 Å². The number of aryl methyl sites for hydroxylation is 1. The number of rotatable bonds is 8. The van der Waals surface area contributed by atoms with Gasteiger partial charge >= 0.3 is 0 Å². The molecule has 0 aliphatic carbocycles. The van der Waals surface area contributed by atoms with E-state index in [1.54, 1.807) is 11.8 Å². The number of thioether (sulfide) groups is 1. The summed E-state index contributed by atoms with van der Waals surface area (Å²) in [6.45, 7) is 2.04. The fraction of sp³-hybridized carbons (Fsp3) is 0.143. The number of hydrogen-bond donors (Lipinski definition) is 1. The molecule has 168 valence electrons. The van der Waals surface area contributed by atoms with Crippen molar-refractivity contribution in [3.63, 3.8) is 0 Å². The average molecular weight is 492 g/mol. The Kier molecular flexibility index (Phi) is 7.92. The second-order valence-electron chi connectivity index (χ2n) is 7.82. The molecule has 0 aliphatic rings. The molecule has 0 heterocycles. The van der Waals surface area contributed by atoms with Crippen LogP contribution in [-0.4, -0.2) is 10.5 Å². The summed E-state index contributed by atoms with van der Waals surface area (Å²) in [5, 5.41) is 4.41. The Morgan fingerprint density at radius 1 is 0.848 bits per heavy atom. The fourth-order valence-corrected chi connectivity index (χ4v) is 6.34. The van der Waals surface area contributed by atoms with E-state index in [0.717, 1.165) is 32.2 Å². The zero-order valence-corrected chi connectivity index (χ0v) is 21.0. The summed E-state index contributed by atoms with van der Waals surface area (Å²) in [6, 6.07) is 34.0. The van der Waals surface area contributed by atoms with Crippen molar-refractivity contribution in [2.24, 2.45) is 0 Å². The van der Waals surface area contributed by atoms with Gasteiger partial charge in [-0.3, -0.25) is 0 Å². The van der Waals surface area contributed by atoms with Crippen LogP contribution in [0.4, 0.5) is 5.69 Å². The molecular weight excluding hydrogens is 466 g/mol. The molecule has 0 fully saturated rings. The van der Waals surface area contributed by atoms with Gasteiger partial charge in [0.1, 0.15) is 0 Å². The maximum atomic E-state index is 13.6. The van der Waals surface area contributed by atoms with E-state index in [9.17, 15) is 4.21 Å². The average Bonchev–Trinajstić information content (AvgIpc) is 2.85. The van der Waals surface area contributed by atoms with E-state index in [4.69, 9.17) is 11.6 Å². The van der Waals surface area contributed by atoms with E-state index in [1.165, 1.54) is 0 Å². The highest BCUT2D eigenvalue weighted by atomic mass is 35.5. The van der Waals surface area contributed by atoms with E-state index in [-0.39, 0.29) is 11.3 Å². The van der Waals surface area contributed by atoms with Crippen molar-refractivity contribution in [3.05, 3.63) is 125 Å². The Balaban J connectivity index is 1.79. The van der Waals surface area contributed by atoms with Gasteiger partial charge in [0.15, 0.2) is 0 Å². The Labute approximate surface area is 207 Å².